The highest BCUT2D eigenvalue weighted by Gasteiger charge is 2.44. The topological polar surface area (TPSA) is 88.1 Å². The fourth-order valence-corrected chi connectivity index (χ4v) is 2.60. The summed E-state index contributed by atoms with van der Waals surface area (Å²) in [6, 6.07) is 12.4. The van der Waals surface area contributed by atoms with Crippen molar-refractivity contribution >= 4 is 17.5 Å². The summed E-state index contributed by atoms with van der Waals surface area (Å²) in [5, 5.41) is 0. The first-order valence-electron chi connectivity index (χ1n) is 7.77. The zero-order valence-electron chi connectivity index (χ0n) is 14.2. The van der Waals surface area contributed by atoms with Gasteiger partial charge in [0, 0.05) is 0 Å². The Morgan fingerprint density at radius 1 is 1.08 bits per heavy atom. The highest BCUT2D eigenvalue weighted by Crippen LogP contribution is 2.42. The normalized spacial score (nSPS) is 15.0. The molecule has 0 amide bonds. The van der Waals surface area contributed by atoms with Gasteiger partial charge in [-0.3, -0.25) is 9.59 Å². The fourth-order valence-electron chi connectivity index (χ4n) is 2.60. The third-order valence-electron chi connectivity index (χ3n) is 3.88. The molecule has 1 atom stereocenters. The van der Waals surface area contributed by atoms with Gasteiger partial charge in [0.1, 0.15) is 17.9 Å². The summed E-state index contributed by atoms with van der Waals surface area (Å²) in [7, 11) is 2.50. The van der Waals surface area contributed by atoms with Gasteiger partial charge in [0.15, 0.2) is 11.5 Å². The van der Waals surface area contributed by atoms with E-state index >= 15 is 0 Å². The maximum atomic E-state index is 12.7. The van der Waals surface area contributed by atoms with Gasteiger partial charge in [-0.2, -0.15) is 0 Å². The van der Waals surface area contributed by atoms with Gasteiger partial charge in [-0.05, 0) is 17.7 Å². The van der Waals surface area contributed by atoms with Crippen molar-refractivity contribution < 1.29 is 33.3 Å². The minimum atomic E-state index is -1.58. The van der Waals surface area contributed by atoms with E-state index in [-0.39, 0.29) is 23.7 Å². The second-order valence-electron chi connectivity index (χ2n) is 5.46. The van der Waals surface area contributed by atoms with Gasteiger partial charge in [0.2, 0.25) is 11.9 Å². The van der Waals surface area contributed by atoms with Gasteiger partial charge >= 0.3 is 5.97 Å². The molecule has 0 saturated heterocycles. The molecule has 0 aliphatic carbocycles. The SMILES string of the molecule is COC(=O)C(=O)C1Oc2ccc(OC)c(OCc3ccccc3)c2C1=O. The number of rotatable bonds is 6. The summed E-state index contributed by atoms with van der Waals surface area (Å²) in [5.74, 6) is -2.24. The highest BCUT2D eigenvalue weighted by atomic mass is 16.5. The van der Waals surface area contributed by atoms with Gasteiger partial charge in [-0.25, -0.2) is 4.79 Å². The summed E-state index contributed by atoms with van der Waals surface area (Å²) in [4.78, 5) is 36.1. The number of Topliss-reactive ketones (excluding diaryl/α,β-unsaturated/α-hetero) is 2. The first-order chi connectivity index (χ1) is 12.6. The second-order valence-corrected chi connectivity index (χ2v) is 5.46. The van der Waals surface area contributed by atoms with E-state index in [4.69, 9.17) is 14.2 Å². The maximum Gasteiger partial charge on any atom is 0.378 e. The molecule has 7 heteroatoms. The number of fused-ring (bicyclic) bond motifs is 1. The van der Waals surface area contributed by atoms with Gasteiger partial charge in [0.05, 0.1) is 14.2 Å². The van der Waals surface area contributed by atoms with E-state index in [2.05, 4.69) is 4.74 Å². The molecule has 0 spiro atoms. The molecule has 134 valence electrons. The Hall–Kier alpha value is -3.35. The monoisotopic (exact) mass is 356 g/mol. The van der Waals surface area contributed by atoms with E-state index in [1.807, 2.05) is 30.3 Å². The Morgan fingerprint density at radius 3 is 2.46 bits per heavy atom. The summed E-state index contributed by atoms with van der Waals surface area (Å²) >= 11 is 0. The molecule has 0 fully saturated rings. The van der Waals surface area contributed by atoms with Crippen molar-refractivity contribution in [1.29, 1.82) is 0 Å². The molecule has 1 aliphatic heterocycles. The maximum absolute atomic E-state index is 12.7. The zero-order chi connectivity index (χ0) is 18.7. The third-order valence-corrected chi connectivity index (χ3v) is 3.88. The smallest absolute Gasteiger partial charge is 0.378 e. The molecule has 1 heterocycles. The molecular weight excluding hydrogens is 340 g/mol. The zero-order valence-corrected chi connectivity index (χ0v) is 14.2. The number of hydrogen-bond donors (Lipinski definition) is 0. The molecule has 2 aromatic carbocycles. The van der Waals surface area contributed by atoms with Gasteiger partial charge < -0.3 is 18.9 Å². The van der Waals surface area contributed by atoms with Crippen LogP contribution in [0.5, 0.6) is 17.2 Å². The number of esters is 1. The number of hydrogen-bond acceptors (Lipinski definition) is 7. The predicted octanol–water partition coefficient (Wildman–Crippen LogP) is 1.96. The van der Waals surface area contributed by atoms with E-state index in [9.17, 15) is 14.4 Å². The molecule has 0 N–H and O–H groups in total. The second kappa shape index (κ2) is 7.26. The summed E-state index contributed by atoms with van der Waals surface area (Å²) in [5.41, 5.74) is 0.961. The van der Waals surface area contributed by atoms with E-state index in [1.165, 1.54) is 13.2 Å². The lowest BCUT2D eigenvalue weighted by molar-refractivity contribution is -0.153. The largest absolute Gasteiger partial charge is 0.493 e. The highest BCUT2D eigenvalue weighted by molar-refractivity contribution is 6.42. The Morgan fingerprint density at radius 2 is 1.81 bits per heavy atom. The fraction of sp³-hybridized carbons (Fsp3) is 0.211. The van der Waals surface area contributed by atoms with Crippen LogP contribution in [-0.4, -0.2) is 37.9 Å². The molecule has 1 unspecified atom stereocenters. The minimum Gasteiger partial charge on any atom is -0.493 e. The van der Waals surface area contributed by atoms with E-state index < -0.39 is 23.6 Å². The average Bonchev–Trinajstić information content (AvgIpc) is 3.02. The average molecular weight is 356 g/mol. The molecule has 0 radical (unpaired) electrons. The van der Waals surface area contributed by atoms with Crippen molar-refractivity contribution in [2.45, 2.75) is 12.7 Å². The molecule has 0 bridgehead atoms. The van der Waals surface area contributed by atoms with Crippen molar-refractivity contribution in [3.63, 3.8) is 0 Å². The minimum absolute atomic E-state index is 0.0718. The molecule has 0 aromatic heterocycles. The van der Waals surface area contributed by atoms with Gasteiger partial charge in [-0.15, -0.1) is 0 Å². The van der Waals surface area contributed by atoms with Crippen LogP contribution < -0.4 is 14.2 Å². The van der Waals surface area contributed by atoms with Crippen molar-refractivity contribution in [3.8, 4) is 17.2 Å². The van der Waals surface area contributed by atoms with Crippen molar-refractivity contribution in [2.75, 3.05) is 14.2 Å². The lowest BCUT2D eigenvalue weighted by Crippen LogP contribution is -2.36. The molecular formula is C19H16O7. The molecule has 0 saturated carbocycles. The predicted molar refractivity (Wildman–Crippen MR) is 89.5 cm³/mol. The van der Waals surface area contributed by atoms with Crippen LogP contribution in [0.3, 0.4) is 0 Å². The standard InChI is InChI=1S/C19H16O7/c1-23-13-9-8-12-14(15(20)18(26-12)16(21)19(22)24-2)17(13)25-10-11-6-4-3-5-7-11/h3-9,18H,10H2,1-2H3. The summed E-state index contributed by atoms with van der Waals surface area (Å²) in [6.45, 7) is 0.191. The Kier molecular flexibility index (Phi) is 4.88. The first kappa shape index (κ1) is 17.5. The van der Waals surface area contributed by atoms with Crippen LogP contribution in [-0.2, 0) is 20.9 Å². The van der Waals surface area contributed by atoms with Crippen molar-refractivity contribution in [1.82, 2.24) is 0 Å². The van der Waals surface area contributed by atoms with Crippen LogP contribution in [0.1, 0.15) is 15.9 Å². The van der Waals surface area contributed by atoms with Crippen LogP contribution >= 0.6 is 0 Å². The number of ketones is 2. The molecule has 1 aliphatic rings. The van der Waals surface area contributed by atoms with Gasteiger partial charge in [-0.1, -0.05) is 30.3 Å². The molecule has 26 heavy (non-hydrogen) atoms. The summed E-state index contributed by atoms with van der Waals surface area (Å²) in [6.07, 6.45) is -1.58. The van der Waals surface area contributed by atoms with Gasteiger partial charge in [0.25, 0.3) is 5.78 Å². The first-order valence-corrected chi connectivity index (χ1v) is 7.77. The summed E-state index contributed by atoms with van der Waals surface area (Å²) < 4.78 is 20.8. The van der Waals surface area contributed by atoms with Crippen molar-refractivity contribution in [3.05, 3.63) is 53.6 Å². The Balaban J connectivity index is 1.92. The number of benzene rings is 2. The van der Waals surface area contributed by atoms with Crippen LogP contribution in [0.15, 0.2) is 42.5 Å². The van der Waals surface area contributed by atoms with E-state index in [0.717, 1.165) is 12.7 Å². The van der Waals surface area contributed by atoms with Crippen LogP contribution in [0.4, 0.5) is 0 Å². The molecule has 2 aromatic rings. The Bertz CT molecular complexity index is 858. The number of carbonyl (C=O) groups excluding carboxylic acids is 3. The number of ether oxygens (including phenoxy) is 4. The lowest BCUT2D eigenvalue weighted by Gasteiger charge is -2.13. The van der Waals surface area contributed by atoms with E-state index in [1.54, 1.807) is 6.07 Å². The third kappa shape index (κ3) is 3.11. The number of carbonyl (C=O) groups is 3. The lowest BCUT2D eigenvalue weighted by atomic mass is 10.0. The Labute approximate surface area is 149 Å². The quantitative estimate of drug-likeness (QED) is 0.444. The van der Waals surface area contributed by atoms with Crippen molar-refractivity contribution in [2.24, 2.45) is 0 Å². The van der Waals surface area contributed by atoms with Crippen LogP contribution in [0, 0.1) is 0 Å². The van der Waals surface area contributed by atoms with Crippen LogP contribution in [0.2, 0.25) is 0 Å². The number of methoxy groups -OCH3 is 2. The molecule has 7 nitrogen and oxygen atoms in total. The van der Waals surface area contributed by atoms with Crippen LogP contribution in [0.25, 0.3) is 0 Å². The molecule has 3 rings (SSSR count). The van der Waals surface area contributed by atoms with E-state index in [0.29, 0.717) is 5.75 Å².